The SMILES string of the molecule is COC(=O)CN(C)C1CCN(C(=O)OC(C)(C)C)CC1. The largest absolute Gasteiger partial charge is 0.468 e. The van der Waals surface area contributed by atoms with Gasteiger partial charge in [0.25, 0.3) is 0 Å². The molecule has 0 aliphatic carbocycles. The van der Waals surface area contributed by atoms with E-state index in [9.17, 15) is 9.59 Å². The van der Waals surface area contributed by atoms with Gasteiger partial charge >= 0.3 is 12.1 Å². The van der Waals surface area contributed by atoms with Crippen LogP contribution in [0.3, 0.4) is 0 Å². The van der Waals surface area contributed by atoms with E-state index in [2.05, 4.69) is 4.74 Å². The number of carbonyl (C=O) groups is 2. The molecule has 20 heavy (non-hydrogen) atoms. The monoisotopic (exact) mass is 286 g/mol. The molecule has 0 radical (unpaired) electrons. The van der Waals surface area contributed by atoms with E-state index in [1.165, 1.54) is 7.11 Å². The summed E-state index contributed by atoms with van der Waals surface area (Å²) in [6.45, 7) is 7.19. The van der Waals surface area contributed by atoms with Crippen molar-refractivity contribution in [1.29, 1.82) is 0 Å². The summed E-state index contributed by atoms with van der Waals surface area (Å²) in [7, 11) is 3.30. The smallest absolute Gasteiger partial charge is 0.410 e. The van der Waals surface area contributed by atoms with Crippen molar-refractivity contribution in [1.82, 2.24) is 9.80 Å². The van der Waals surface area contributed by atoms with Crippen molar-refractivity contribution in [3.05, 3.63) is 0 Å². The van der Waals surface area contributed by atoms with Crippen LogP contribution in [0.2, 0.25) is 0 Å². The standard InChI is InChI=1S/C14H26N2O4/c1-14(2,3)20-13(18)16-8-6-11(7-9-16)15(4)10-12(17)19-5/h11H,6-10H2,1-5H3. The maximum atomic E-state index is 11.9. The molecule has 1 aliphatic rings. The number of piperidine rings is 1. The summed E-state index contributed by atoms with van der Waals surface area (Å²) < 4.78 is 10.0. The second-order valence-corrected chi connectivity index (χ2v) is 6.19. The van der Waals surface area contributed by atoms with Crippen LogP contribution in [0.1, 0.15) is 33.6 Å². The van der Waals surface area contributed by atoms with E-state index in [4.69, 9.17) is 4.74 Å². The van der Waals surface area contributed by atoms with E-state index >= 15 is 0 Å². The number of carbonyl (C=O) groups excluding carboxylic acids is 2. The second kappa shape index (κ2) is 6.92. The van der Waals surface area contributed by atoms with Crippen molar-refractivity contribution in [3.8, 4) is 0 Å². The second-order valence-electron chi connectivity index (χ2n) is 6.19. The Balaban J connectivity index is 2.39. The van der Waals surface area contributed by atoms with E-state index in [0.29, 0.717) is 19.1 Å². The van der Waals surface area contributed by atoms with E-state index in [0.717, 1.165) is 12.8 Å². The molecule has 116 valence electrons. The first-order valence-corrected chi connectivity index (χ1v) is 6.98. The number of rotatable bonds is 3. The fourth-order valence-electron chi connectivity index (χ4n) is 2.21. The van der Waals surface area contributed by atoms with E-state index < -0.39 is 5.60 Å². The zero-order valence-corrected chi connectivity index (χ0v) is 13.1. The Morgan fingerprint density at radius 1 is 1.25 bits per heavy atom. The zero-order valence-electron chi connectivity index (χ0n) is 13.1. The molecule has 0 aromatic rings. The molecular weight excluding hydrogens is 260 g/mol. The van der Waals surface area contributed by atoms with Gasteiger partial charge in [-0.1, -0.05) is 0 Å². The Morgan fingerprint density at radius 2 is 1.80 bits per heavy atom. The van der Waals surface area contributed by atoms with Crippen LogP contribution in [0.4, 0.5) is 4.79 Å². The van der Waals surface area contributed by atoms with Gasteiger partial charge in [0, 0.05) is 19.1 Å². The van der Waals surface area contributed by atoms with Gasteiger partial charge in [-0.25, -0.2) is 4.79 Å². The maximum Gasteiger partial charge on any atom is 0.410 e. The molecule has 1 amide bonds. The number of methoxy groups -OCH3 is 1. The van der Waals surface area contributed by atoms with E-state index in [1.807, 2.05) is 32.7 Å². The highest BCUT2D eigenvalue weighted by Crippen LogP contribution is 2.18. The Kier molecular flexibility index (Phi) is 5.80. The molecule has 1 heterocycles. The van der Waals surface area contributed by atoms with Crippen LogP contribution in [-0.2, 0) is 14.3 Å². The molecular formula is C14H26N2O4. The van der Waals surface area contributed by atoms with E-state index in [1.54, 1.807) is 4.90 Å². The van der Waals surface area contributed by atoms with Crippen LogP contribution < -0.4 is 0 Å². The summed E-state index contributed by atoms with van der Waals surface area (Å²) in [5, 5.41) is 0. The lowest BCUT2D eigenvalue weighted by molar-refractivity contribution is -0.142. The fraction of sp³-hybridized carbons (Fsp3) is 0.857. The van der Waals surface area contributed by atoms with Crippen molar-refractivity contribution >= 4 is 12.1 Å². The molecule has 0 saturated carbocycles. The molecule has 0 aromatic carbocycles. The van der Waals surface area contributed by atoms with E-state index in [-0.39, 0.29) is 18.6 Å². The van der Waals surface area contributed by atoms with Crippen molar-refractivity contribution in [2.45, 2.75) is 45.3 Å². The lowest BCUT2D eigenvalue weighted by Crippen LogP contribution is -2.48. The number of nitrogens with zero attached hydrogens (tertiary/aromatic N) is 2. The lowest BCUT2D eigenvalue weighted by Gasteiger charge is -2.36. The van der Waals surface area contributed by atoms with Crippen molar-refractivity contribution in [3.63, 3.8) is 0 Å². The van der Waals surface area contributed by atoms with Gasteiger partial charge in [0.1, 0.15) is 5.60 Å². The molecule has 0 atom stereocenters. The fourth-order valence-corrected chi connectivity index (χ4v) is 2.21. The minimum atomic E-state index is -0.463. The van der Waals surface area contributed by atoms with Crippen LogP contribution in [0.25, 0.3) is 0 Å². The topological polar surface area (TPSA) is 59.1 Å². The summed E-state index contributed by atoms with van der Waals surface area (Å²) in [5.74, 6) is -0.234. The highest BCUT2D eigenvalue weighted by molar-refractivity contribution is 5.71. The van der Waals surface area contributed by atoms with Gasteiger partial charge in [-0.05, 0) is 40.7 Å². The molecule has 0 unspecified atom stereocenters. The number of hydrogen-bond donors (Lipinski definition) is 0. The number of likely N-dealkylation sites (tertiary alicyclic amines) is 1. The molecule has 0 aromatic heterocycles. The Morgan fingerprint density at radius 3 is 2.25 bits per heavy atom. The number of likely N-dealkylation sites (N-methyl/N-ethyl adjacent to an activating group) is 1. The molecule has 6 heteroatoms. The first-order chi connectivity index (χ1) is 9.23. The predicted octanol–water partition coefficient (Wildman–Crippen LogP) is 1.49. The number of hydrogen-bond acceptors (Lipinski definition) is 5. The first-order valence-electron chi connectivity index (χ1n) is 6.98. The molecule has 6 nitrogen and oxygen atoms in total. The van der Waals surface area contributed by atoms with Crippen molar-refractivity contribution in [2.75, 3.05) is 33.8 Å². The molecule has 1 saturated heterocycles. The molecule has 0 N–H and O–H groups in total. The minimum Gasteiger partial charge on any atom is -0.468 e. The molecule has 1 rings (SSSR count). The normalized spacial score (nSPS) is 17.2. The van der Waals surface area contributed by atoms with Gasteiger partial charge in [0.2, 0.25) is 0 Å². The average Bonchev–Trinajstić information content (AvgIpc) is 2.36. The first kappa shape index (κ1) is 16.8. The van der Waals surface area contributed by atoms with Crippen LogP contribution in [0.5, 0.6) is 0 Å². The van der Waals surface area contributed by atoms with Crippen LogP contribution >= 0.6 is 0 Å². The molecule has 1 aliphatic heterocycles. The number of amides is 1. The Labute approximate surface area is 121 Å². The van der Waals surface area contributed by atoms with Gasteiger partial charge in [0.15, 0.2) is 0 Å². The highest BCUT2D eigenvalue weighted by atomic mass is 16.6. The third-order valence-electron chi connectivity index (χ3n) is 3.35. The number of ether oxygens (including phenoxy) is 2. The van der Waals surface area contributed by atoms with Crippen LogP contribution in [0.15, 0.2) is 0 Å². The van der Waals surface area contributed by atoms with Crippen LogP contribution in [0, 0.1) is 0 Å². The Hall–Kier alpha value is -1.30. The molecule has 0 bridgehead atoms. The van der Waals surface area contributed by atoms with Gasteiger partial charge in [-0.15, -0.1) is 0 Å². The lowest BCUT2D eigenvalue weighted by atomic mass is 10.0. The van der Waals surface area contributed by atoms with Gasteiger partial charge in [-0.3, -0.25) is 9.69 Å². The third-order valence-corrected chi connectivity index (χ3v) is 3.35. The predicted molar refractivity (Wildman–Crippen MR) is 75.5 cm³/mol. The summed E-state index contributed by atoms with van der Waals surface area (Å²) in [5.41, 5.74) is -0.463. The van der Waals surface area contributed by atoms with Crippen LogP contribution in [-0.4, -0.2) is 67.3 Å². The Bertz CT molecular complexity index is 344. The minimum absolute atomic E-state index is 0.234. The molecule has 0 spiro atoms. The maximum absolute atomic E-state index is 11.9. The summed E-state index contributed by atoms with van der Waals surface area (Å²) in [6, 6.07) is 0.299. The van der Waals surface area contributed by atoms with Crippen molar-refractivity contribution in [2.24, 2.45) is 0 Å². The zero-order chi connectivity index (χ0) is 15.3. The summed E-state index contributed by atoms with van der Waals surface area (Å²) >= 11 is 0. The van der Waals surface area contributed by atoms with Gasteiger partial charge < -0.3 is 14.4 Å². The quantitative estimate of drug-likeness (QED) is 0.736. The average molecular weight is 286 g/mol. The molecule has 1 fully saturated rings. The third kappa shape index (κ3) is 5.36. The highest BCUT2D eigenvalue weighted by Gasteiger charge is 2.28. The van der Waals surface area contributed by atoms with Gasteiger partial charge in [0.05, 0.1) is 13.7 Å². The van der Waals surface area contributed by atoms with Crippen molar-refractivity contribution < 1.29 is 19.1 Å². The number of esters is 1. The van der Waals surface area contributed by atoms with Gasteiger partial charge in [-0.2, -0.15) is 0 Å². The summed E-state index contributed by atoms with van der Waals surface area (Å²) in [6.07, 6.45) is 1.42. The summed E-state index contributed by atoms with van der Waals surface area (Å²) in [4.78, 5) is 26.9.